The Morgan fingerprint density at radius 2 is 1.89 bits per heavy atom. The smallest absolute Gasteiger partial charge is 0.416 e. The Morgan fingerprint density at radius 1 is 1.22 bits per heavy atom. The van der Waals surface area contributed by atoms with Crippen molar-refractivity contribution in [2.45, 2.75) is 26.6 Å². The van der Waals surface area contributed by atoms with E-state index in [1.165, 1.54) is 31.2 Å². The molecule has 9 nitrogen and oxygen atoms in total. The molecule has 0 saturated carbocycles. The molecule has 0 radical (unpaired) electrons. The number of primary amides is 1. The van der Waals surface area contributed by atoms with Gasteiger partial charge in [-0.05, 0) is 42.8 Å². The minimum atomic E-state index is -4.69. The molecule has 0 saturated heterocycles. The van der Waals surface area contributed by atoms with Gasteiger partial charge in [0.2, 0.25) is 5.96 Å². The van der Waals surface area contributed by atoms with Crippen LogP contribution < -0.4 is 10.6 Å². The molecule has 1 atom stereocenters. The van der Waals surface area contributed by atoms with Crippen LogP contribution >= 0.6 is 0 Å². The Hall–Kier alpha value is -4.66. The van der Waals surface area contributed by atoms with Gasteiger partial charge < -0.3 is 10.5 Å². The number of carbonyl (C=O) groups excluding carboxylic acids is 3. The molecule has 1 aliphatic heterocycles. The number of hydrogen-bond donors (Lipinski definition) is 2. The quantitative estimate of drug-likeness (QED) is 0.471. The van der Waals surface area contributed by atoms with Crippen molar-refractivity contribution in [3.05, 3.63) is 76.0 Å². The highest BCUT2D eigenvalue weighted by molar-refractivity contribution is 6.10. The highest BCUT2D eigenvalue weighted by atomic mass is 19.4. The monoisotopic (exact) mass is 501 g/mol. The van der Waals surface area contributed by atoms with E-state index < -0.39 is 35.7 Å². The number of hydrogen-bond acceptors (Lipinski definition) is 6. The van der Waals surface area contributed by atoms with Crippen LogP contribution in [0.15, 0.2) is 53.7 Å². The first-order chi connectivity index (χ1) is 16.5. The third kappa shape index (κ3) is 4.76. The van der Waals surface area contributed by atoms with Crippen LogP contribution in [0.4, 0.5) is 23.7 Å². The topological polar surface area (TPSA) is 141 Å². The fraction of sp³-hybridized carbons (Fsp3) is 0.208. The summed E-state index contributed by atoms with van der Waals surface area (Å²) in [6, 6.07) is 7.08. The average Bonchev–Trinajstić information content (AvgIpc) is 2.82. The molecule has 0 spiro atoms. The molecule has 2 aromatic carbocycles. The molecule has 3 rings (SSSR count). The lowest BCUT2D eigenvalue weighted by molar-refractivity contribution is -0.138. The van der Waals surface area contributed by atoms with Gasteiger partial charge in [-0.2, -0.15) is 18.4 Å². The van der Waals surface area contributed by atoms with Crippen LogP contribution in [0.1, 0.15) is 47.4 Å². The molecule has 3 N–H and O–H groups in total. The van der Waals surface area contributed by atoms with Crippen molar-refractivity contribution in [2.75, 3.05) is 12.0 Å². The molecule has 0 aliphatic carbocycles. The number of methoxy groups -OCH3 is 1. The van der Waals surface area contributed by atoms with E-state index in [1.54, 1.807) is 0 Å². The van der Waals surface area contributed by atoms with Crippen molar-refractivity contribution in [1.29, 1.82) is 10.7 Å². The number of guanidine groups is 1. The zero-order valence-corrected chi connectivity index (χ0v) is 18.4. The van der Waals surface area contributed by atoms with Crippen LogP contribution in [-0.2, 0) is 15.7 Å². The first-order valence-corrected chi connectivity index (χ1v) is 9.89. The Balaban J connectivity index is 0.00000456. The van der Waals surface area contributed by atoms with E-state index in [2.05, 4.69) is 0 Å². The number of anilines is 1. The number of rotatable bonds is 4. The number of esters is 1. The maximum absolute atomic E-state index is 13.3. The highest BCUT2D eigenvalue weighted by Crippen LogP contribution is 2.41. The van der Waals surface area contributed by atoms with Crippen molar-refractivity contribution in [3.63, 3.8) is 0 Å². The van der Waals surface area contributed by atoms with Crippen LogP contribution in [0, 0.1) is 16.7 Å². The highest BCUT2D eigenvalue weighted by Gasteiger charge is 2.44. The Morgan fingerprint density at radius 3 is 2.42 bits per heavy atom. The molecule has 1 aliphatic rings. The molecule has 36 heavy (non-hydrogen) atoms. The lowest BCUT2D eigenvalue weighted by Gasteiger charge is -2.43. The van der Waals surface area contributed by atoms with Crippen LogP contribution in [0.3, 0.4) is 0 Å². The minimum absolute atomic E-state index is 0. The van der Waals surface area contributed by atoms with Gasteiger partial charge in [-0.3, -0.25) is 20.0 Å². The zero-order valence-electron chi connectivity index (χ0n) is 18.4. The Bertz CT molecular complexity index is 1310. The van der Waals surface area contributed by atoms with Gasteiger partial charge in [-0.25, -0.2) is 9.59 Å². The number of alkyl halides is 3. The summed E-state index contributed by atoms with van der Waals surface area (Å²) >= 11 is 0. The number of urea groups is 1. The van der Waals surface area contributed by atoms with E-state index in [0.29, 0.717) is 11.2 Å². The summed E-state index contributed by atoms with van der Waals surface area (Å²) in [4.78, 5) is 38.8. The fourth-order valence-electron chi connectivity index (χ4n) is 3.86. The second-order valence-corrected chi connectivity index (χ2v) is 7.38. The lowest BCUT2D eigenvalue weighted by Crippen LogP contribution is -2.55. The summed E-state index contributed by atoms with van der Waals surface area (Å²) in [7, 11) is 1.06. The molecule has 1 unspecified atom stereocenters. The van der Waals surface area contributed by atoms with Crippen LogP contribution in [0.25, 0.3) is 0 Å². The van der Waals surface area contributed by atoms with E-state index in [1.807, 2.05) is 6.07 Å². The van der Waals surface area contributed by atoms with Gasteiger partial charge in [-0.1, -0.05) is 19.6 Å². The number of nitrogens with two attached hydrogens (primary N) is 1. The number of nitriles is 1. The third-order valence-electron chi connectivity index (χ3n) is 5.41. The molecule has 188 valence electrons. The molecule has 12 heteroatoms. The zero-order chi connectivity index (χ0) is 26.1. The number of amides is 2. The Labute approximate surface area is 204 Å². The number of nitrogens with zero attached hydrogens (tertiary/aromatic N) is 3. The molecule has 2 amide bonds. The molecule has 0 fully saturated rings. The molecular weight excluding hydrogens is 479 g/mol. The standard InChI is InChI=1S/C23H18F3N5O4.CH4/c1-12-18(20(33)35-2)19(17-7-6-13(10-27)8-14(17)11-32)31(22(29)34)21(28)30(12)16-5-3-4-15(9-16)23(24,25)26;/h3-9,11,19,28H,1-2H3,(H2,29,34);1H4. The number of ether oxygens (including phenoxy) is 1. The maximum atomic E-state index is 13.3. The number of nitrogens with one attached hydrogen (secondary N) is 1. The summed E-state index contributed by atoms with van der Waals surface area (Å²) in [6.07, 6.45) is -4.29. The van der Waals surface area contributed by atoms with Gasteiger partial charge >= 0.3 is 18.2 Å². The SMILES string of the molecule is C.COC(=O)C1=C(C)N(c2cccc(C(F)(F)F)c2)C(=N)N(C(N)=O)C1c1ccc(C#N)cc1C=O. The summed E-state index contributed by atoms with van der Waals surface area (Å²) < 4.78 is 44.8. The van der Waals surface area contributed by atoms with E-state index in [4.69, 9.17) is 21.1 Å². The first kappa shape index (κ1) is 27.6. The van der Waals surface area contributed by atoms with Gasteiger partial charge in [0.05, 0.1) is 29.9 Å². The van der Waals surface area contributed by atoms with Gasteiger partial charge in [0, 0.05) is 16.9 Å². The normalized spacial score (nSPS) is 15.7. The van der Waals surface area contributed by atoms with Crippen LogP contribution in [-0.4, -0.2) is 36.3 Å². The number of carbonyl (C=O) groups is 3. The number of aldehydes is 1. The summed E-state index contributed by atoms with van der Waals surface area (Å²) in [5.41, 5.74) is 4.23. The molecular formula is C24H22F3N5O4. The van der Waals surface area contributed by atoms with Gasteiger partial charge in [-0.15, -0.1) is 0 Å². The second-order valence-electron chi connectivity index (χ2n) is 7.38. The number of halogens is 3. The van der Waals surface area contributed by atoms with Crippen molar-refractivity contribution < 1.29 is 32.3 Å². The number of benzene rings is 2. The molecule has 2 aromatic rings. The minimum Gasteiger partial charge on any atom is -0.466 e. The largest absolute Gasteiger partial charge is 0.466 e. The van der Waals surface area contributed by atoms with Crippen molar-refractivity contribution in [3.8, 4) is 6.07 Å². The summed E-state index contributed by atoms with van der Waals surface area (Å²) in [6.45, 7) is 1.36. The fourth-order valence-corrected chi connectivity index (χ4v) is 3.86. The molecule has 0 bridgehead atoms. The summed E-state index contributed by atoms with van der Waals surface area (Å²) in [5, 5.41) is 17.8. The lowest BCUT2D eigenvalue weighted by atomic mass is 9.89. The van der Waals surface area contributed by atoms with Crippen molar-refractivity contribution in [1.82, 2.24) is 4.90 Å². The molecule has 0 aromatic heterocycles. The van der Waals surface area contributed by atoms with Gasteiger partial charge in [0.1, 0.15) is 12.3 Å². The van der Waals surface area contributed by atoms with Gasteiger partial charge in [0.15, 0.2) is 0 Å². The average molecular weight is 501 g/mol. The summed E-state index contributed by atoms with van der Waals surface area (Å²) in [5.74, 6) is -1.63. The predicted octanol–water partition coefficient (Wildman–Crippen LogP) is 4.35. The predicted molar refractivity (Wildman–Crippen MR) is 124 cm³/mol. The number of allylic oxidation sites excluding steroid dienone is 1. The first-order valence-electron chi connectivity index (χ1n) is 9.89. The van der Waals surface area contributed by atoms with Crippen LogP contribution in [0.2, 0.25) is 0 Å². The van der Waals surface area contributed by atoms with E-state index >= 15 is 0 Å². The van der Waals surface area contributed by atoms with Crippen molar-refractivity contribution >= 4 is 29.9 Å². The van der Waals surface area contributed by atoms with E-state index in [-0.39, 0.29) is 41.1 Å². The van der Waals surface area contributed by atoms with Gasteiger partial charge in [0.25, 0.3) is 0 Å². The maximum Gasteiger partial charge on any atom is 0.416 e. The van der Waals surface area contributed by atoms with Crippen LogP contribution in [0.5, 0.6) is 0 Å². The molecule has 1 heterocycles. The van der Waals surface area contributed by atoms with E-state index in [0.717, 1.165) is 30.2 Å². The van der Waals surface area contributed by atoms with E-state index in [9.17, 15) is 27.6 Å². The van der Waals surface area contributed by atoms with Crippen molar-refractivity contribution in [2.24, 2.45) is 5.73 Å². The Kier molecular flexibility index (Phi) is 7.90. The second kappa shape index (κ2) is 10.3. The third-order valence-corrected chi connectivity index (χ3v) is 5.41.